The number of hydrogen-bond acceptors (Lipinski definition) is 4. The first-order chi connectivity index (χ1) is 9.80. The SMILES string of the molecule is CCNc1c2c(nc3c(OC)ccc(OC)c13)CCC2. The number of rotatable bonds is 4. The van der Waals surface area contributed by atoms with Gasteiger partial charge in [-0.2, -0.15) is 0 Å². The molecule has 0 saturated carbocycles. The minimum atomic E-state index is 0.801. The summed E-state index contributed by atoms with van der Waals surface area (Å²) in [6, 6.07) is 3.87. The number of pyridine rings is 1. The maximum atomic E-state index is 5.54. The maximum Gasteiger partial charge on any atom is 0.145 e. The van der Waals surface area contributed by atoms with E-state index in [2.05, 4.69) is 12.2 Å². The summed E-state index contributed by atoms with van der Waals surface area (Å²) in [6.45, 7) is 2.99. The smallest absolute Gasteiger partial charge is 0.145 e. The molecule has 0 atom stereocenters. The zero-order valence-electron chi connectivity index (χ0n) is 12.2. The van der Waals surface area contributed by atoms with Crippen molar-refractivity contribution in [2.75, 3.05) is 26.1 Å². The number of aryl methyl sites for hydroxylation is 1. The van der Waals surface area contributed by atoms with Crippen LogP contribution in [-0.2, 0) is 12.8 Å². The molecule has 1 aliphatic rings. The highest BCUT2D eigenvalue weighted by atomic mass is 16.5. The predicted octanol–water partition coefficient (Wildman–Crippen LogP) is 3.17. The first-order valence-corrected chi connectivity index (χ1v) is 7.10. The van der Waals surface area contributed by atoms with E-state index in [0.29, 0.717) is 0 Å². The Hall–Kier alpha value is -1.97. The van der Waals surface area contributed by atoms with Gasteiger partial charge in [-0.15, -0.1) is 0 Å². The number of aromatic nitrogens is 1. The van der Waals surface area contributed by atoms with Gasteiger partial charge in [-0.1, -0.05) is 0 Å². The van der Waals surface area contributed by atoms with Gasteiger partial charge in [0.15, 0.2) is 0 Å². The molecule has 0 radical (unpaired) electrons. The normalized spacial score (nSPS) is 13.3. The second-order valence-electron chi connectivity index (χ2n) is 4.99. The number of nitrogens with one attached hydrogen (secondary N) is 1. The predicted molar refractivity (Wildman–Crippen MR) is 81.0 cm³/mol. The molecule has 0 fully saturated rings. The Labute approximate surface area is 119 Å². The molecule has 20 heavy (non-hydrogen) atoms. The first-order valence-electron chi connectivity index (χ1n) is 7.10. The van der Waals surface area contributed by atoms with Gasteiger partial charge in [-0.25, -0.2) is 4.98 Å². The number of ether oxygens (including phenoxy) is 2. The molecule has 0 spiro atoms. The third-order valence-electron chi connectivity index (χ3n) is 3.88. The summed E-state index contributed by atoms with van der Waals surface area (Å²) >= 11 is 0. The summed E-state index contributed by atoms with van der Waals surface area (Å²) in [5.74, 6) is 1.65. The zero-order valence-corrected chi connectivity index (χ0v) is 12.2. The highest BCUT2D eigenvalue weighted by molar-refractivity contribution is 6.01. The second kappa shape index (κ2) is 5.19. The summed E-state index contributed by atoms with van der Waals surface area (Å²) in [4.78, 5) is 4.83. The number of anilines is 1. The van der Waals surface area contributed by atoms with Crippen LogP contribution in [0.3, 0.4) is 0 Å². The molecule has 4 heteroatoms. The molecule has 0 saturated heterocycles. The van der Waals surface area contributed by atoms with Crippen LogP contribution in [0.15, 0.2) is 12.1 Å². The molecule has 1 aromatic heterocycles. The third-order valence-corrected chi connectivity index (χ3v) is 3.88. The van der Waals surface area contributed by atoms with E-state index < -0.39 is 0 Å². The van der Waals surface area contributed by atoms with Crippen LogP contribution >= 0.6 is 0 Å². The standard InChI is InChI=1S/C16H20N2O2/c1-4-17-15-10-6-5-7-11(10)18-16-13(20-3)9-8-12(19-2)14(15)16/h8-9H,4-7H2,1-3H3,(H,17,18). The topological polar surface area (TPSA) is 43.4 Å². The monoisotopic (exact) mass is 272 g/mol. The van der Waals surface area contributed by atoms with Gasteiger partial charge in [0.05, 0.1) is 25.3 Å². The van der Waals surface area contributed by atoms with Crippen LogP contribution in [0.2, 0.25) is 0 Å². The summed E-state index contributed by atoms with van der Waals surface area (Å²) in [5.41, 5.74) is 4.59. The summed E-state index contributed by atoms with van der Waals surface area (Å²) in [7, 11) is 3.38. The highest BCUT2D eigenvalue weighted by Crippen LogP contribution is 2.41. The van der Waals surface area contributed by atoms with E-state index >= 15 is 0 Å². The van der Waals surface area contributed by atoms with Gasteiger partial charge in [-0.3, -0.25) is 0 Å². The van der Waals surface area contributed by atoms with Crippen molar-refractivity contribution in [2.45, 2.75) is 26.2 Å². The lowest BCUT2D eigenvalue weighted by atomic mass is 10.1. The van der Waals surface area contributed by atoms with Crippen molar-refractivity contribution in [3.8, 4) is 11.5 Å². The molecule has 0 bridgehead atoms. The van der Waals surface area contributed by atoms with Crippen molar-refractivity contribution in [1.29, 1.82) is 0 Å². The van der Waals surface area contributed by atoms with E-state index in [1.807, 2.05) is 12.1 Å². The lowest BCUT2D eigenvalue weighted by Gasteiger charge is -2.17. The molecule has 106 valence electrons. The largest absolute Gasteiger partial charge is 0.496 e. The minimum absolute atomic E-state index is 0.801. The molecule has 1 heterocycles. The molecule has 0 aliphatic heterocycles. The molecule has 3 rings (SSSR count). The van der Waals surface area contributed by atoms with Crippen LogP contribution in [0.1, 0.15) is 24.6 Å². The Morgan fingerprint density at radius 2 is 1.90 bits per heavy atom. The molecule has 1 N–H and O–H groups in total. The Morgan fingerprint density at radius 1 is 1.15 bits per heavy atom. The molecule has 2 aromatic rings. The van der Waals surface area contributed by atoms with Crippen LogP contribution < -0.4 is 14.8 Å². The van der Waals surface area contributed by atoms with Crippen LogP contribution in [0.4, 0.5) is 5.69 Å². The van der Waals surface area contributed by atoms with Gasteiger partial charge in [0.25, 0.3) is 0 Å². The van der Waals surface area contributed by atoms with Gasteiger partial charge >= 0.3 is 0 Å². The quantitative estimate of drug-likeness (QED) is 0.928. The number of hydrogen-bond donors (Lipinski definition) is 1. The van der Waals surface area contributed by atoms with Gasteiger partial charge in [-0.05, 0) is 43.9 Å². The van der Waals surface area contributed by atoms with Crippen LogP contribution in [0.25, 0.3) is 10.9 Å². The Morgan fingerprint density at radius 3 is 2.60 bits per heavy atom. The number of methoxy groups -OCH3 is 2. The van der Waals surface area contributed by atoms with Crippen LogP contribution in [0, 0.1) is 0 Å². The second-order valence-corrected chi connectivity index (χ2v) is 4.99. The van der Waals surface area contributed by atoms with Gasteiger partial charge in [0.2, 0.25) is 0 Å². The van der Waals surface area contributed by atoms with E-state index in [1.54, 1.807) is 14.2 Å². The van der Waals surface area contributed by atoms with Gasteiger partial charge in [0.1, 0.15) is 17.0 Å². The fourth-order valence-electron chi connectivity index (χ4n) is 3.02. The fourth-order valence-corrected chi connectivity index (χ4v) is 3.02. The average Bonchev–Trinajstić information content (AvgIpc) is 2.94. The molecular weight excluding hydrogens is 252 g/mol. The van der Waals surface area contributed by atoms with Crippen molar-refractivity contribution in [1.82, 2.24) is 4.98 Å². The lowest BCUT2D eigenvalue weighted by Crippen LogP contribution is -2.05. The summed E-state index contributed by atoms with van der Waals surface area (Å²) in [6.07, 6.45) is 3.30. The third kappa shape index (κ3) is 1.87. The number of fused-ring (bicyclic) bond motifs is 2. The molecule has 0 amide bonds. The zero-order chi connectivity index (χ0) is 14.1. The Balaban J connectivity index is 2.40. The van der Waals surface area contributed by atoms with Crippen molar-refractivity contribution >= 4 is 16.6 Å². The fraction of sp³-hybridized carbons (Fsp3) is 0.438. The van der Waals surface area contributed by atoms with Crippen LogP contribution in [0.5, 0.6) is 11.5 Å². The highest BCUT2D eigenvalue weighted by Gasteiger charge is 2.23. The summed E-state index contributed by atoms with van der Waals surface area (Å²) in [5, 5.41) is 4.54. The van der Waals surface area contributed by atoms with Crippen molar-refractivity contribution in [3.05, 3.63) is 23.4 Å². The van der Waals surface area contributed by atoms with E-state index in [9.17, 15) is 0 Å². The molecule has 1 aromatic carbocycles. The van der Waals surface area contributed by atoms with E-state index in [1.165, 1.54) is 23.4 Å². The van der Waals surface area contributed by atoms with E-state index in [0.717, 1.165) is 41.8 Å². The maximum absolute atomic E-state index is 5.54. The Kier molecular flexibility index (Phi) is 3.38. The molecule has 4 nitrogen and oxygen atoms in total. The average molecular weight is 272 g/mol. The van der Waals surface area contributed by atoms with Crippen molar-refractivity contribution in [3.63, 3.8) is 0 Å². The Bertz CT molecular complexity index is 653. The van der Waals surface area contributed by atoms with Gasteiger partial charge < -0.3 is 14.8 Å². The van der Waals surface area contributed by atoms with Crippen LogP contribution in [-0.4, -0.2) is 25.7 Å². The van der Waals surface area contributed by atoms with E-state index in [-0.39, 0.29) is 0 Å². The molecule has 1 aliphatic carbocycles. The van der Waals surface area contributed by atoms with Crippen molar-refractivity contribution in [2.24, 2.45) is 0 Å². The first kappa shape index (κ1) is 13.0. The number of nitrogens with zero attached hydrogens (tertiary/aromatic N) is 1. The van der Waals surface area contributed by atoms with Gasteiger partial charge in [0, 0.05) is 12.2 Å². The van der Waals surface area contributed by atoms with E-state index in [4.69, 9.17) is 14.5 Å². The molecule has 0 unspecified atom stereocenters. The van der Waals surface area contributed by atoms with Crippen molar-refractivity contribution < 1.29 is 9.47 Å². The minimum Gasteiger partial charge on any atom is -0.496 e. The summed E-state index contributed by atoms with van der Waals surface area (Å²) < 4.78 is 11.0. The lowest BCUT2D eigenvalue weighted by molar-refractivity contribution is 0.410. The number of benzene rings is 1. The molecular formula is C16H20N2O2.